The van der Waals surface area contributed by atoms with E-state index in [1.165, 1.54) is 27.5 Å². The molecule has 0 saturated heterocycles. The summed E-state index contributed by atoms with van der Waals surface area (Å²) < 4.78 is 13.0. The normalized spacial score (nSPS) is 11.5. The molecule has 2 aromatic heterocycles. The van der Waals surface area contributed by atoms with Crippen molar-refractivity contribution in [2.45, 2.75) is 0 Å². The van der Waals surface area contributed by atoms with Crippen LogP contribution in [-0.4, -0.2) is 4.98 Å². The van der Waals surface area contributed by atoms with Crippen LogP contribution in [0.4, 0.5) is 17.1 Å². The lowest BCUT2D eigenvalue weighted by Crippen LogP contribution is -2.10. The minimum Gasteiger partial charge on any atom is -0.454 e. The summed E-state index contributed by atoms with van der Waals surface area (Å²) in [6.45, 7) is 0. The molecule has 0 bridgehead atoms. The van der Waals surface area contributed by atoms with E-state index in [4.69, 9.17) is 13.8 Å². The molecule has 51 heavy (non-hydrogen) atoms. The van der Waals surface area contributed by atoms with E-state index in [1.807, 2.05) is 42.5 Å². The van der Waals surface area contributed by atoms with Crippen molar-refractivity contribution in [3.8, 4) is 33.7 Å². The fourth-order valence-electron chi connectivity index (χ4n) is 7.21. The van der Waals surface area contributed by atoms with Crippen molar-refractivity contribution in [3.63, 3.8) is 0 Å². The Morgan fingerprint density at radius 2 is 1.02 bits per heavy atom. The van der Waals surface area contributed by atoms with Crippen molar-refractivity contribution in [1.82, 2.24) is 4.98 Å². The van der Waals surface area contributed by atoms with Crippen molar-refractivity contribution < 1.29 is 8.83 Å². The van der Waals surface area contributed by atoms with Crippen LogP contribution < -0.4 is 4.90 Å². The molecular formula is C47H30N2O2. The maximum Gasteiger partial charge on any atom is 0.227 e. The van der Waals surface area contributed by atoms with E-state index in [0.717, 1.165) is 55.6 Å². The fraction of sp³-hybridized carbons (Fsp3) is 0. The lowest BCUT2D eigenvalue weighted by Gasteiger charge is -2.26. The first-order chi connectivity index (χ1) is 25.3. The van der Waals surface area contributed by atoms with Crippen LogP contribution in [0.1, 0.15) is 0 Å². The summed E-state index contributed by atoms with van der Waals surface area (Å²) >= 11 is 0. The van der Waals surface area contributed by atoms with E-state index in [1.54, 1.807) is 0 Å². The molecule has 0 aliphatic carbocycles. The molecule has 4 nitrogen and oxygen atoms in total. The Morgan fingerprint density at radius 1 is 0.412 bits per heavy atom. The van der Waals surface area contributed by atoms with Gasteiger partial charge in [-0.2, -0.15) is 0 Å². The highest BCUT2D eigenvalue weighted by molar-refractivity contribution is 6.13. The molecule has 0 fully saturated rings. The maximum atomic E-state index is 6.74. The van der Waals surface area contributed by atoms with Crippen LogP contribution >= 0.6 is 0 Å². The van der Waals surface area contributed by atoms with Crippen molar-refractivity contribution in [2.75, 3.05) is 4.90 Å². The first-order valence-electron chi connectivity index (χ1n) is 17.1. The number of fused-ring (bicyclic) bond motifs is 5. The van der Waals surface area contributed by atoms with Gasteiger partial charge in [0.1, 0.15) is 11.1 Å². The monoisotopic (exact) mass is 654 g/mol. The Bertz CT molecular complexity index is 2830. The molecule has 0 atom stereocenters. The number of oxazole rings is 1. The molecule has 10 rings (SSSR count). The molecule has 4 heteroatoms. The Morgan fingerprint density at radius 3 is 1.78 bits per heavy atom. The highest BCUT2D eigenvalue weighted by Crippen LogP contribution is 2.44. The molecule has 0 amide bonds. The van der Waals surface area contributed by atoms with Crippen LogP contribution in [0.25, 0.3) is 77.5 Å². The molecule has 0 spiro atoms. The third-order valence-electron chi connectivity index (χ3n) is 9.71. The van der Waals surface area contributed by atoms with Crippen molar-refractivity contribution >= 4 is 60.9 Å². The quantitative estimate of drug-likeness (QED) is 0.179. The summed E-state index contributed by atoms with van der Waals surface area (Å²) in [4.78, 5) is 7.12. The summed E-state index contributed by atoms with van der Waals surface area (Å²) in [5.41, 5.74) is 11.7. The topological polar surface area (TPSA) is 42.4 Å². The van der Waals surface area contributed by atoms with E-state index in [9.17, 15) is 0 Å². The molecule has 240 valence electrons. The van der Waals surface area contributed by atoms with Gasteiger partial charge in [-0.25, -0.2) is 4.98 Å². The van der Waals surface area contributed by atoms with Crippen LogP contribution in [0.15, 0.2) is 191 Å². The van der Waals surface area contributed by atoms with Gasteiger partial charge in [0, 0.05) is 33.8 Å². The zero-order valence-corrected chi connectivity index (χ0v) is 27.5. The van der Waals surface area contributed by atoms with Gasteiger partial charge in [-0.1, -0.05) is 127 Å². The molecule has 2 heterocycles. The van der Waals surface area contributed by atoms with E-state index in [2.05, 4.69) is 144 Å². The van der Waals surface area contributed by atoms with Crippen LogP contribution in [0.2, 0.25) is 0 Å². The van der Waals surface area contributed by atoms with Gasteiger partial charge in [-0.3, -0.25) is 0 Å². The second-order valence-electron chi connectivity index (χ2n) is 12.8. The van der Waals surface area contributed by atoms with E-state index >= 15 is 0 Å². The van der Waals surface area contributed by atoms with Gasteiger partial charge >= 0.3 is 0 Å². The highest BCUT2D eigenvalue weighted by atomic mass is 16.4. The van der Waals surface area contributed by atoms with E-state index in [0.29, 0.717) is 11.5 Å². The zero-order valence-electron chi connectivity index (χ0n) is 27.5. The largest absolute Gasteiger partial charge is 0.454 e. The number of furan rings is 1. The molecule has 0 aliphatic heterocycles. The van der Waals surface area contributed by atoms with Gasteiger partial charge in [0.25, 0.3) is 0 Å². The number of rotatable bonds is 6. The SMILES string of the molecule is c1ccc(-c2ccc(N(c3ccc(-c4cccc5ccccc45)cc3)c3cccc4c3oc3cc5oc(-c6ccccc6)nc5cc34)cc2)cc1. The molecule has 10 aromatic rings. The van der Waals surface area contributed by atoms with E-state index in [-0.39, 0.29) is 0 Å². The van der Waals surface area contributed by atoms with Crippen molar-refractivity contribution in [2.24, 2.45) is 0 Å². The predicted octanol–water partition coefficient (Wildman–Crippen LogP) is 13.4. The smallest absolute Gasteiger partial charge is 0.227 e. The fourth-order valence-corrected chi connectivity index (χ4v) is 7.21. The number of anilines is 3. The Balaban J connectivity index is 1.12. The minimum atomic E-state index is 0.598. The second kappa shape index (κ2) is 11.9. The average molecular weight is 655 g/mol. The number of para-hydroxylation sites is 1. The third-order valence-corrected chi connectivity index (χ3v) is 9.71. The highest BCUT2D eigenvalue weighted by Gasteiger charge is 2.21. The molecule has 0 aliphatic rings. The standard InChI is InChI=1S/C47H30N2O2/c1-3-11-31(12-4-1)32-21-25-36(26-22-32)49(37-27-23-34(24-28-37)39-18-9-16-33-13-7-8-17-38(33)39)43-20-10-19-40-41-29-42-45(30-44(41)50-46(40)43)51-47(48-42)35-14-5-2-6-15-35/h1-30H. The molecule has 0 unspecified atom stereocenters. The minimum absolute atomic E-state index is 0.598. The molecule has 8 aromatic carbocycles. The van der Waals surface area contributed by atoms with Gasteiger partial charge in [0.05, 0.1) is 5.69 Å². The summed E-state index contributed by atoms with van der Waals surface area (Å²) in [6, 6.07) is 63.4. The van der Waals surface area contributed by atoms with Crippen LogP contribution in [0.3, 0.4) is 0 Å². The number of aromatic nitrogens is 1. The molecule has 0 saturated carbocycles. The van der Waals surface area contributed by atoms with Gasteiger partial charge < -0.3 is 13.7 Å². The van der Waals surface area contributed by atoms with Crippen molar-refractivity contribution in [1.29, 1.82) is 0 Å². The van der Waals surface area contributed by atoms with E-state index < -0.39 is 0 Å². The maximum absolute atomic E-state index is 6.74. The number of hydrogen-bond donors (Lipinski definition) is 0. The number of hydrogen-bond acceptors (Lipinski definition) is 4. The van der Waals surface area contributed by atoms with Gasteiger partial charge in [0.15, 0.2) is 11.2 Å². The Labute approximate surface area is 294 Å². The Kier molecular flexibility index (Phi) is 6.78. The summed E-state index contributed by atoms with van der Waals surface area (Å²) in [6.07, 6.45) is 0. The molecular weight excluding hydrogens is 625 g/mol. The predicted molar refractivity (Wildman–Crippen MR) is 210 cm³/mol. The van der Waals surface area contributed by atoms with Gasteiger partial charge in [0.2, 0.25) is 5.89 Å². The summed E-state index contributed by atoms with van der Waals surface area (Å²) in [5.74, 6) is 0.598. The summed E-state index contributed by atoms with van der Waals surface area (Å²) in [7, 11) is 0. The number of nitrogens with zero attached hydrogens (tertiary/aromatic N) is 2. The molecule has 0 N–H and O–H groups in total. The second-order valence-corrected chi connectivity index (χ2v) is 12.8. The number of benzene rings is 8. The third kappa shape index (κ3) is 5.04. The molecule has 0 radical (unpaired) electrons. The lowest BCUT2D eigenvalue weighted by atomic mass is 9.98. The summed E-state index contributed by atoms with van der Waals surface area (Å²) in [5, 5.41) is 4.49. The van der Waals surface area contributed by atoms with Crippen LogP contribution in [0.5, 0.6) is 0 Å². The van der Waals surface area contributed by atoms with Gasteiger partial charge in [-0.05, 0) is 81.6 Å². The first kappa shape index (κ1) is 29.0. The van der Waals surface area contributed by atoms with Crippen LogP contribution in [0, 0.1) is 0 Å². The zero-order chi connectivity index (χ0) is 33.7. The Hall–Kier alpha value is -6.91. The average Bonchev–Trinajstić information content (AvgIpc) is 3.79. The van der Waals surface area contributed by atoms with Crippen molar-refractivity contribution in [3.05, 3.63) is 182 Å². The first-order valence-corrected chi connectivity index (χ1v) is 17.1. The lowest BCUT2D eigenvalue weighted by molar-refractivity contribution is 0.617. The van der Waals surface area contributed by atoms with Gasteiger partial charge in [-0.15, -0.1) is 0 Å². The van der Waals surface area contributed by atoms with Crippen LogP contribution in [-0.2, 0) is 0 Å².